The van der Waals surface area contributed by atoms with E-state index in [1.165, 1.54) is 0 Å². The summed E-state index contributed by atoms with van der Waals surface area (Å²) in [6.07, 6.45) is 2.95. The summed E-state index contributed by atoms with van der Waals surface area (Å²) < 4.78 is 8.33. The van der Waals surface area contributed by atoms with E-state index in [0.717, 1.165) is 41.4 Å². The lowest BCUT2D eigenvalue weighted by molar-refractivity contribution is -0.0313. The highest BCUT2D eigenvalue weighted by Gasteiger charge is 2.21. The number of hydrogen-bond acceptors (Lipinski definition) is 2. The minimum absolute atomic E-state index is 0.0983. The van der Waals surface area contributed by atoms with E-state index in [0.29, 0.717) is 0 Å². The molecule has 1 unspecified atom stereocenters. The molecule has 0 saturated carbocycles. The van der Waals surface area contributed by atoms with Crippen LogP contribution in [0.1, 0.15) is 25.5 Å². The highest BCUT2D eigenvalue weighted by molar-refractivity contribution is 9.10. The van der Waals surface area contributed by atoms with Crippen molar-refractivity contribution in [3.8, 4) is 0 Å². The molecule has 90 valence electrons. The van der Waals surface area contributed by atoms with Crippen molar-refractivity contribution in [3.05, 3.63) is 33.2 Å². The van der Waals surface area contributed by atoms with Crippen molar-refractivity contribution in [1.82, 2.24) is 9.55 Å². The Hall–Kier alpha value is -1.07. The molecule has 2 heterocycles. The highest BCUT2D eigenvalue weighted by atomic mass is 79.9. The fourth-order valence-electron chi connectivity index (χ4n) is 2.34. The molecular formula is C12H13BrN2O2. The van der Waals surface area contributed by atoms with Crippen LogP contribution in [0.25, 0.3) is 11.0 Å². The van der Waals surface area contributed by atoms with E-state index in [-0.39, 0.29) is 11.9 Å². The van der Waals surface area contributed by atoms with E-state index in [2.05, 4.69) is 20.9 Å². The molecule has 17 heavy (non-hydrogen) atoms. The van der Waals surface area contributed by atoms with Gasteiger partial charge in [0.05, 0.1) is 11.0 Å². The number of hydrogen-bond donors (Lipinski definition) is 1. The van der Waals surface area contributed by atoms with Crippen molar-refractivity contribution < 1.29 is 4.74 Å². The van der Waals surface area contributed by atoms with Gasteiger partial charge in [-0.05, 0) is 47.3 Å². The summed E-state index contributed by atoms with van der Waals surface area (Å²) in [5, 5.41) is 0. The third-order valence-electron chi connectivity index (χ3n) is 3.13. The normalized spacial score (nSPS) is 20.9. The lowest BCUT2D eigenvalue weighted by Gasteiger charge is -2.23. The van der Waals surface area contributed by atoms with E-state index >= 15 is 0 Å². The molecular weight excluding hydrogens is 284 g/mol. The smallest absolute Gasteiger partial charge is 0.328 e. The van der Waals surface area contributed by atoms with Crippen LogP contribution in [0.2, 0.25) is 0 Å². The van der Waals surface area contributed by atoms with E-state index in [4.69, 9.17) is 4.74 Å². The Morgan fingerprint density at radius 3 is 3.06 bits per heavy atom. The second-order valence-electron chi connectivity index (χ2n) is 4.26. The number of imidazole rings is 1. The highest BCUT2D eigenvalue weighted by Crippen LogP contribution is 2.28. The number of nitrogens with zero attached hydrogens (tertiary/aromatic N) is 1. The summed E-state index contributed by atoms with van der Waals surface area (Å²) in [6.45, 7) is 0.730. The average Bonchev–Trinajstić information content (AvgIpc) is 2.68. The molecule has 1 aliphatic rings. The number of benzene rings is 1. The Kier molecular flexibility index (Phi) is 2.80. The fourth-order valence-corrected chi connectivity index (χ4v) is 2.90. The number of nitrogens with one attached hydrogen (secondary N) is 1. The molecule has 2 aromatic rings. The number of ether oxygens (including phenoxy) is 1. The molecule has 1 aliphatic heterocycles. The number of halogens is 1. The second-order valence-corrected chi connectivity index (χ2v) is 5.11. The standard InChI is InChI=1S/C12H13BrN2O2/c13-8-4-3-5-9-11(8)15(12(16)14-9)10-6-1-2-7-17-10/h3-5,10H,1-2,6-7H2,(H,14,16). The van der Waals surface area contributed by atoms with Gasteiger partial charge in [-0.25, -0.2) is 4.79 Å². The summed E-state index contributed by atoms with van der Waals surface area (Å²) >= 11 is 3.49. The van der Waals surface area contributed by atoms with Crippen LogP contribution in [0.15, 0.2) is 27.5 Å². The number of rotatable bonds is 1. The molecule has 1 atom stereocenters. The van der Waals surface area contributed by atoms with Crippen LogP contribution in [0.3, 0.4) is 0 Å². The predicted octanol–water partition coefficient (Wildman–Crippen LogP) is 2.79. The Bertz CT molecular complexity index is 596. The van der Waals surface area contributed by atoms with E-state index in [1.54, 1.807) is 4.57 Å². The first kappa shape index (κ1) is 11.0. The number of fused-ring (bicyclic) bond motifs is 1. The van der Waals surface area contributed by atoms with Crippen molar-refractivity contribution >= 4 is 27.0 Å². The number of aromatic nitrogens is 2. The van der Waals surface area contributed by atoms with Crippen molar-refractivity contribution in [1.29, 1.82) is 0 Å². The molecule has 1 aromatic heterocycles. The fraction of sp³-hybridized carbons (Fsp3) is 0.417. The topological polar surface area (TPSA) is 47.0 Å². The zero-order chi connectivity index (χ0) is 11.8. The van der Waals surface area contributed by atoms with Crippen LogP contribution in [0, 0.1) is 0 Å². The first-order valence-electron chi connectivity index (χ1n) is 5.78. The van der Waals surface area contributed by atoms with Crippen molar-refractivity contribution in [3.63, 3.8) is 0 Å². The van der Waals surface area contributed by atoms with Gasteiger partial charge in [0.2, 0.25) is 0 Å². The largest absolute Gasteiger partial charge is 0.358 e. The van der Waals surface area contributed by atoms with Crippen LogP contribution in [0.4, 0.5) is 0 Å². The van der Waals surface area contributed by atoms with Crippen molar-refractivity contribution in [2.75, 3.05) is 6.61 Å². The van der Waals surface area contributed by atoms with Gasteiger partial charge in [-0.1, -0.05) is 6.07 Å². The maximum Gasteiger partial charge on any atom is 0.328 e. The minimum atomic E-state index is -0.135. The van der Waals surface area contributed by atoms with Crippen molar-refractivity contribution in [2.24, 2.45) is 0 Å². The van der Waals surface area contributed by atoms with E-state index in [1.807, 2.05) is 18.2 Å². The van der Waals surface area contributed by atoms with Gasteiger partial charge in [0.15, 0.2) is 0 Å². The number of H-pyrrole nitrogens is 1. The van der Waals surface area contributed by atoms with Gasteiger partial charge < -0.3 is 9.72 Å². The lowest BCUT2D eigenvalue weighted by atomic mass is 10.2. The van der Waals surface area contributed by atoms with Crippen LogP contribution < -0.4 is 5.69 Å². The Morgan fingerprint density at radius 1 is 1.41 bits per heavy atom. The van der Waals surface area contributed by atoms with Crippen LogP contribution in [-0.4, -0.2) is 16.2 Å². The third-order valence-corrected chi connectivity index (χ3v) is 3.77. The molecule has 0 spiro atoms. The average molecular weight is 297 g/mol. The summed E-state index contributed by atoms with van der Waals surface area (Å²) in [5.74, 6) is 0. The maximum atomic E-state index is 12.0. The number of para-hydroxylation sites is 1. The van der Waals surface area contributed by atoms with Gasteiger partial charge >= 0.3 is 5.69 Å². The molecule has 1 fully saturated rings. The SMILES string of the molecule is O=c1[nH]c2cccc(Br)c2n1C1CCCCO1. The van der Waals surface area contributed by atoms with Crippen LogP contribution in [-0.2, 0) is 4.74 Å². The zero-order valence-corrected chi connectivity index (χ0v) is 10.9. The summed E-state index contributed by atoms with van der Waals surface area (Å²) in [5.41, 5.74) is 1.64. The molecule has 0 radical (unpaired) electrons. The van der Waals surface area contributed by atoms with Gasteiger partial charge in [-0.15, -0.1) is 0 Å². The molecule has 0 aliphatic carbocycles. The summed E-state index contributed by atoms with van der Waals surface area (Å²) in [7, 11) is 0. The van der Waals surface area contributed by atoms with Gasteiger partial charge in [0.1, 0.15) is 6.23 Å². The summed E-state index contributed by atoms with van der Waals surface area (Å²) in [6, 6.07) is 5.75. The number of aromatic amines is 1. The van der Waals surface area contributed by atoms with Crippen molar-refractivity contribution in [2.45, 2.75) is 25.5 Å². The molecule has 5 heteroatoms. The molecule has 1 aromatic carbocycles. The predicted molar refractivity (Wildman–Crippen MR) is 69.1 cm³/mol. The minimum Gasteiger partial charge on any atom is -0.358 e. The van der Waals surface area contributed by atoms with Crippen LogP contribution in [0.5, 0.6) is 0 Å². The molecule has 4 nitrogen and oxygen atoms in total. The molecule has 1 N–H and O–H groups in total. The van der Waals surface area contributed by atoms with Gasteiger partial charge in [-0.3, -0.25) is 4.57 Å². The van der Waals surface area contributed by atoms with E-state index in [9.17, 15) is 4.79 Å². The van der Waals surface area contributed by atoms with Gasteiger partial charge in [0.25, 0.3) is 0 Å². The monoisotopic (exact) mass is 296 g/mol. The first-order chi connectivity index (χ1) is 8.27. The van der Waals surface area contributed by atoms with Gasteiger partial charge in [-0.2, -0.15) is 0 Å². The first-order valence-corrected chi connectivity index (χ1v) is 6.57. The van der Waals surface area contributed by atoms with Crippen LogP contribution >= 0.6 is 15.9 Å². The zero-order valence-electron chi connectivity index (χ0n) is 9.28. The Morgan fingerprint density at radius 2 is 2.29 bits per heavy atom. The maximum absolute atomic E-state index is 12.0. The lowest BCUT2D eigenvalue weighted by Crippen LogP contribution is -2.27. The van der Waals surface area contributed by atoms with E-state index < -0.39 is 0 Å². The van der Waals surface area contributed by atoms with Gasteiger partial charge in [0, 0.05) is 11.1 Å². The Labute approximate surface area is 107 Å². The molecule has 3 rings (SSSR count). The quantitative estimate of drug-likeness (QED) is 0.880. The third kappa shape index (κ3) is 1.83. The molecule has 1 saturated heterocycles. The summed E-state index contributed by atoms with van der Waals surface area (Å²) in [4.78, 5) is 14.9. The second kappa shape index (κ2) is 4.31. The Balaban J connectivity index is 2.20. The molecule has 0 amide bonds. The molecule has 0 bridgehead atoms.